The molecule has 1 aromatic carbocycles. The molecule has 1 amide bonds. The van der Waals surface area contributed by atoms with Gasteiger partial charge in [-0.05, 0) is 18.6 Å². The van der Waals surface area contributed by atoms with Gasteiger partial charge in [-0.1, -0.05) is 6.92 Å². The number of H-pyrrole nitrogens is 1. The molecule has 9 heteroatoms. The van der Waals surface area contributed by atoms with Crippen molar-refractivity contribution in [2.75, 3.05) is 14.2 Å². The SMILES string of the molecule is CCCc1nc(C(N)=O)c2[nH]c(=O)n(-c3ccc(OC)c(OC)c3)c2n1. The predicted octanol–water partition coefficient (Wildman–Crippen LogP) is 1.18. The van der Waals surface area contributed by atoms with Gasteiger partial charge in [0.2, 0.25) is 0 Å². The fourth-order valence-corrected chi connectivity index (χ4v) is 2.75. The number of methoxy groups -OCH3 is 2. The quantitative estimate of drug-likeness (QED) is 0.682. The summed E-state index contributed by atoms with van der Waals surface area (Å²) in [6.45, 7) is 1.97. The van der Waals surface area contributed by atoms with E-state index in [9.17, 15) is 9.59 Å². The molecule has 0 radical (unpaired) electrons. The minimum absolute atomic E-state index is 0.00484. The molecule has 0 spiro atoms. The van der Waals surface area contributed by atoms with E-state index in [1.54, 1.807) is 18.2 Å². The van der Waals surface area contributed by atoms with Crippen LogP contribution >= 0.6 is 0 Å². The summed E-state index contributed by atoms with van der Waals surface area (Å²) in [7, 11) is 3.03. The Hall–Kier alpha value is -3.36. The first-order chi connectivity index (χ1) is 12.5. The fraction of sp³-hybridized carbons (Fsp3) is 0.294. The Morgan fingerprint density at radius 3 is 2.58 bits per heavy atom. The maximum Gasteiger partial charge on any atom is 0.332 e. The van der Waals surface area contributed by atoms with Crippen molar-refractivity contribution in [3.05, 3.63) is 40.2 Å². The van der Waals surface area contributed by atoms with Gasteiger partial charge < -0.3 is 20.2 Å². The molecule has 136 valence electrons. The van der Waals surface area contributed by atoms with Crippen LogP contribution in [0.25, 0.3) is 16.9 Å². The number of nitrogens with one attached hydrogen (secondary N) is 1. The van der Waals surface area contributed by atoms with E-state index >= 15 is 0 Å². The molecule has 2 aromatic heterocycles. The van der Waals surface area contributed by atoms with Gasteiger partial charge in [0, 0.05) is 12.5 Å². The minimum atomic E-state index is -0.726. The summed E-state index contributed by atoms with van der Waals surface area (Å²) < 4.78 is 11.9. The van der Waals surface area contributed by atoms with Crippen LogP contribution in [0, 0.1) is 0 Å². The van der Waals surface area contributed by atoms with Crippen molar-refractivity contribution in [1.82, 2.24) is 19.5 Å². The number of hydrogen-bond donors (Lipinski definition) is 2. The van der Waals surface area contributed by atoms with Crippen molar-refractivity contribution in [2.45, 2.75) is 19.8 Å². The van der Waals surface area contributed by atoms with E-state index in [2.05, 4.69) is 15.0 Å². The highest BCUT2D eigenvalue weighted by Crippen LogP contribution is 2.29. The van der Waals surface area contributed by atoms with Gasteiger partial charge in [0.25, 0.3) is 5.91 Å². The zero-order valence-electron chi connectivity index (χ0n) is 14.7. The molecule has 3 aromatic rings. The molecule has 2 heterocycles. The average Bonchev–Trinajstić information content (AvgIpc) is 2.96. The molecule has 0 unspecified atom stereocenters. The van der Waals surface area contributed by atoms with Crippen molar-refractivity contribution >= 4 is 17.1 Å². The second kappa shape index (κ2) is 6.87. The first-order valence-corrected chi connectivity index (χ1v) is 8.04. The van der Waals surface area contributed by atoms with Crippen LogP contribution < -0.4 is 20.9 Å². The number of benzene rings is 1. The Morgan fingerprint density at radius 1 is 1.23 bits per heavy atom. The summed E-state index contributed by atoms with van der Waals surface area (Å²) in [6, 6.07) is 5.03. The highest BCUT2D eigenvalue weighted by molar-refractivity contribution is 6.01. The van der Waals surface area contributed by atoms with Gasteiger partial charge in [-0.25, -0.2) is 19.3 Å². The molecule has 0 aliphatic rings. The number of carbonyl (C=O) groups excluding carboxylic acids is 1. The third kappa shape index (κ3) is 2.87. The van der Waals surface area contributed by atoms with E-state index < -0.39 is 11.6 Å². The van der Waals surface area contributed by atoms with Gasteiger partial charge in [0.15, 0.2) is 22.8 Å². The second-order valence-corrected chi connectivity index (χ2v) is 5.61. The number of aromatic amines is 1. The normalized spacial score (nSPS) is 10.9. The predicted molar refractivity (Wildman–Crippen MR) is 95.1 cm³/mol. The molecule has 0 atom stereocenters. The highest BCUT2D eigenvalue weighted by atomic mass is 16.5. The van der Waals surface area contributed by atoms with Gasteiger partial charge >= 0.3 is 5.69 Å². The zero-order chi connectivity index (χ0) is 18.8. The first kappa shape index (κ1) is 17.5. The van der Waals surface area contributed by atoms with Gasteiger partial charge in [0.1, 0.15) is 11.3 Å². The number of hydrogen-bond acceptors (Lipinski definition) is 6. The van der Waals surface area contributed by atoms with E-state index in [0.29, 0.717) is 29.4 Å². The van der Waals surface area contributed by atoms with Crippen LogP contribution in [0.15, 0.2) is 23.0 Å². The number of fused-ring (bicyclic) bond motifs is 1. The summed E-state index contributed by atoms with van der Waals surface area (Å²) in [5.41, 5.74) is 5.97. The van der Waals surface area contributed by atoms with Crippen molar-refractivity contribution in [1.29, 1.82) is 0 Å². The number of imidazole rings is 1. The van der Waals surface area contributed by atoms with E-state index in [4.69, 9.17) is 15.2 Å². The smallest absolute Gasteiger partial charge is 0.332 e. The minimum Gasteiger partial charge on any atom is -0.493 e. The van der Waals surface area contributed by atoms with Crippen LogP contribution in [0.2, 0.25) is 0 Å². The Morgan fingerprint density at radius 2 is 1.96 bits per heavy atom. The van der Waals surface area contributed by atoms with Gasteiger partial charge in [-0.2, -0.15) is 0 Å². The Kier molecular flexibility index (Phi) is 4.61. The van der Waals surface area contributed by atoms with Crippen LogP contribution in [-0.4, -0.2) is 39.6 Å². The lowest BCUT2D eigenvalue weighted by Crippen LogP contribution is -2.16. The molecular weight excluding hydrogens is 338 g/mol. The number of rotatable bonds is 6. The number of nitrogens with two attached hydrogens (primary N) is 1. The van der Waals surface area contributed by atoms with E-state index in [1.807, 2.05) is 6.92 Å². The maximum atomic E-state index is 12.6. The van der Waals surface area contributed by atoms with Crippen LogP contribution in [0.1, 0.15) is 29.7 Å². The summed E-state index contributed by atoms with van der Waals surface area (Å²) in [5, 5.41) is 0. The van der Waals surface area contributed by atoms with Gasteiger partial charge in [-0.15, -0.1) is 0 Å². The molecule has 9 nitrogen and oxygen atoms in total. The number of ether oxygens (including phenoxy) is 2. The number of aromatic nitrogens is 4. The largest absolute Gasteiger partial charge is 0.493 e. The van der Waals surface area contributed by atoms with Crippen molar-refractivity contribution in [2.24, 2.45) is 5.73 Å². The molecule has 0 bridgehead atoms. The summed E-state index contributed by atoms with van der Waals surface area (Å²) in [6.07, 6.45) is 1.34. The van der Waals surface area contributed by atoms with Crippen LogP contribution in [0.3, 0.4) is 0 Å². The number of amides is 1. The van der Waals surface area contributed by atoms with Crippen molar-refractivity contribution < 1.29 is 14.3 Å². The third-order valence-corrected chi connectivity index (χ3v) is 3.92. The fourth-order valence-electron chi connectivity index (χ4n) is 2.75. The molecule has 0 saturated heterocycles. The topological polar surface area (TPSA) is 125 Å². The standard InChI is InChI=1S/C17H19N5O4/c1-4-5-12-19-13(15(18)23)14-16(20-12)22(17(24)21-14)9-6-7-10(25-2)11(8-9)26-3/h6-8H,4-5H2,1-3H3,(H2,18,23)(H,21,24). The Labute approximate surface area is 148 Å². The third-order valence-electron chi connectivity index (χ3n) is 3.92. The van der Waals surface area contributed by atoms with E-state index in [0.717, 1.165) is 6.42 Å². The number of aryl methyl sites for hydroxylation is 1. The Bertz CT molecular complexity index is 1040. The summed E-state index contributed by atoms with van der Waals surface area (Å²) in [5.74, 6) is 0.713. The van der Waals surface area contributed by atoms with E-state index in [1.165, 1.54) is 18.8 Å². The lowest BCUT2D eigenvalue weighted by molar-refractivity contribution is 0.0996. The average molecular weight is 357 g/mol. The number of primary amides is 1. The monoisotopic (exact) mass is 357 g/mol. The summed E-state index contributed by atoms with van der Waals surface area (Å²) in [4.78, 5) is 35.6. The first-order valence-electron chi connectivity index (χ1n) is 8.04. The molecule has 3 rings (SSSR count). The molecule has 0 aliphatic heterocycles. The number of nitrogens with zero attached hydrogens (tertiary/aromatic N) is 3. The number of carbonyl (C=O) groups is 1. The molecular formula is C17H19N5O4. The molecule has 0 saturated carbocycles. The molecule has 26 heavy (non-hydrogen) atoms. The van der Waals surface area contributed by atoms with Gasteiger partial charge in [-0.3, -0.25) is 4.79 Å². The van der Waals surface area contributed by atoms with Crippen molar-refractivity contribution in [3.63, 3.8) is 0 Å². The lowest BCUT2D eigenvalue weighted by Gasteiger charge is -2.10. The maximum absolute atomic E-state index is 12.6. The lowest BCUT2D eigenvalue weighted by atomic mass is 10.2. The highest BCUT2D eigenvalue weighted by Gasteiger charge is 2.20. The van der Waals surface area contributed by atoms with Crippen LogP contribution in [0.4, 0.5) is 0 Å². The molecule has 0 aliphatic carbocycles. The van der Waals surface area contributed by atoms with Crippen LogP contribution in [-0.2, 0) is 6.42 Å². The summed E-state index contributed by atoms with van der Waals surface area (Å²) >= 11 is 0. The molecule has 0 fully saturated rings. The Balaban J connectivity index is 2.31. The van der Waals surface area contributed by atoms with Crippen molar-refractivity contribution in [3.8, 4) is 17.2 Å². The van der Waals surface area contributed by atoms with Gasteiger partial charge in [0.05, 0.1) is 19.9 Å². The van der Waals surface area contributed by atoms with Crippen LogP contribution in [0.5, 0.6) is 11.5 Å². The molecule has 3 N–H and O–H groups in total. The zero-order valence-corrected chi connectivity index (χ0v) is 14.7. The van der Waals surface area contributed by atoms with E-state index in [-0.39, 0.29) is 16.9 Å². The second-order valence-electron chi connectivity index (χ2n) is 5.61.